The lowest BCUT2D eigenvalue weighted by Gasteiger charge is -2.32. The van der Waals surface area contributed by atoms with E-state index >= 15 is 0 Å². The molecule has 1 atom stereocenters. The van der Waals surface area contributed by atoms with E-state index in [0.717, 1.165) is 36.5 Å². The van der Waals surface area contributed by atoms with Crippen molar-refractivity contribution in [3.05, 3.63) is 10.4 Å². The summed E-state index contributed by atoms with van der Waals surface area (Å²) in [7, 11) is 0. The number of carbonyl (C=O) groups excluding carboxylic acids is 1. The van der Waals surface area contributed by atoms with Crippen molar-refractivity contribution in [1.82, 2.24) is 0 Å². The van der Waals surface area contributed by atoms with Crippen LogP contribution in [0, 0.1) is 5.92 Å². The van der Waals surface area contributed by atoms with Gasteiger partial charge in [-0.25, -0.2) is 0 Å². The van der Waals surface area contributed by atoms with Crippen molar-refractivity contribution < 1.29 is 4.79 Å². The predicted molar refractivity (Wildman–Crippen MR) is 91.9 cm³/mol. The molecule has 2 N–H and O–H groups in total. The summed E-state index contributed by atoms with van der Waals surface area (Å²) in [6, 6.07) is 0. The maximum absolute atomic E-state index is 12.5. The van der Waals surface area contributed by atoms with Crippen molar-refractivity contribution in [2.45, 2.75) is 43.8 Å². The third kappa shape index (κ3) is 2.59. The molecule has 1 unspecified atom stereocenters. The minimum Gasteiger partial charge on any atom is -0.397 e. The number of hydrogen-bond acceptors (Lipinski definition) is 5. The molecule has 0 radical (unpaired) electrons. The maximum Gasteiger partial charge on any atom is 0.178 e. The number of hydrogen-bond donors (Lipinski definition) is 1. The Hall–Kier alpha value is -0.680. The molecule has 21 heavy (non-hydrogen) atoms. The Balaban J connectivity index is 1.71. The van der Waals surface area contributed by atoms with E-state index in [1.807, 2.05) is 11.8 Å². The normalized spacial score (nSPS) is 26.1. The van der Waals surface area contributed by atoms with Gasteiger partial charge in [0.05, 0.1) is 15.6 Å². The average molecular weight is 322 g/mol. The zero-order valence-electron chi connectivity index (χ0n) is 12.4. The summed E-state index contributed by atoms with van der Waals surface area (Å²) in [6.45, 7) is 4.47. The molecule has 0 amide bonds. The van der Waals surface area contributed by atoms with E-state index in [1.165, 1.54) is 29.2 Å². The van der Waals surface area contributed by atoms with Crippen LogP contribution < -0.4 is 10.6 Å². The van der Waals surface area contributed by atoms with Crippen molar-refractivity contribution in [3.63, 3.8) is 0 Å². The van der Waals surface area contributed by atoms with Gasteiger partial charge >= 0.3 is 0 Å². The van der Waals surface area contributed by atoms with Gasteiger partial charge in [-0.15, -0.1) is 11.3 Å². The second-order valence-corrected chi connectivity index (χ2v) is 9.15. The quantitative estimate of drug-likeness (QED) is 0.858. The van der Waals surface area contributed by atoms with E-state index in [4.69, 9.17) is 5.73 Å². The Bertz CT molecular complexity index is 575. The van der Waals surface area contributed by atoms with E-state index < -0.39 is 0 Å². The number of anilines is 2. The summed E-state index contributed by atoms with van der Waals surface area (Å²) in [4.78, 5) is 15.8. The minimum absolute atomic E-state index is 0.265. The number of thioether (sulfide) groups is 1. The van der Waals surface area contributed by atoms with Gasteiger partial charge in [-0.1, -0.05) is 6.92 Å². The third-order valence-electron chi connectivity index (χ3n) is 4.65. The summed E-state index contributed by atoms with van der Waals surface area (Å²) < 4.78 is 0. The first-order chi connectivity index (χ1) is 10.1. The van der Waals surface area contributed by atoms with Gasteiger partial charge in [0.1, 0.15) is 0 Å². The highest BCUT2D eigenvalue weighted by atomic mass is 32.2. The lowest BCUT2D eigenvalue weighted by atomic mass is 10.1. The van der Waals surface area contributed by atoms with Crippen LogP contribution in [0.15, 0.2) is 0 Å². The fourth-order valence-corrected chi connectivity index (χ4v) is 5.54. The topological polar surface area (TPSA) is 46.3 Å². The van der Waals surface area contributed by atoms with Crippen molar-refractivity contribution in [2.24, 2.45) is 5.92 Å². The molecular formula is C16H22N2OS2. The van der Waals surface area contributed by atoms with Gasteiger partial charge in [0, 0.05) is 35.6 Å². The largest absolute Gasteiger partial charge is 0.397 e. The number of nitrogen functional groups attached to an aromatic ring is 1. The zero-order chi connectivity index (χ0) is 14.6. The molecule has 0 spiro atoms. The second-order valence-electron chi connectivity index (χ2n) is 6.60. The van der Waals surface area contributed by atoms with Crippen LogP contribution in [-0.2, 0) is 0 Å². The lowest BCUT2D eigenvalue weighted by Crippen LogP contribution is -2.36. The number of nitrogens with two attached hydrogens (primary N) is 1. The number of rotatable bonds is 4. The number of thiophene rings is 1. The van der Waals surface area contributed by atoms with Crippen LogP contribution in [-0.4, -0.2) is 29.9 Å². The van der Waals surface area contributed by atoms with E-state index in [0.29, 0.717) is 17.0 Å². The van der Waals surface area contributed by atoms with Gasteiger partial charge in [-0.2, -0.15) is 11.8 Å². The summed E-state index contributed by atoms with van der Waals surface area (Å²) in [6.07, 6.45) is 4.59. The third-order valence-corrected chi connectivity index (χ3v) is 7.08. The molecule has 0 bridgehead atoms. The van der Waals surface area contributed by atoms with Crippen molar-refractivity contribution in [3.8, 4) is 0 Å². The Morgan fingerprint density at radius 2 is 2.05 bits per heavy atom. The zero-order valence-corrected chi connectivity index (χ0v) is 14.1. The van der Waals surface area contributed by atoms with E-state index in [1.54, 1.807) is 11.3 Å². The minimum atomic E-state index is 0.265. The Labute approximate surface area is 134 Å². The molecule has 3 aliphatic rings. The number of ketones is 1. The van der Waals surface area contributed by atoms with Gasteiger partial charge in [-0.3, -0.25) is 4.79 Å². The highest BCUT2D eigenvalue weighted by Gasteiger charge is 2.38. The SMILES string of the molecule is CC1CN(c2sc(C(=O)C3CC3)c(N)c2C2CC2)CCS1. The molecule has 2 aliphatic carbocycles. The van der Waals surface area contributed by atoms with Crippen molar-refractivity contribution in [1.29, 1.82) is 0 Å². The van der Waals surface area contributed by atoms with Crippen LogP contribution in [0.5, 0.6) is 0 Å². The van der Waals surface area contributed by atoms with Gasteiger partial charge in [0.15, 0.2) is 5.78 Å². The molecule has 114 valence electrons. The molecule has 3 fully saturated rings. The molecule has 1 aromatic rings. The Morgan fingerprint density at radius 1 is 1.29 bits per heavy atom. The Kier molecular flexibility index (Phi) is 3.45. The monoisotopic (exact) mass is 322 g/mol. The molecule has 1 aromatic heterocycles. The maximum atomic E-state index is 12.5. The Morgan fingerprint density at radius 3 is 2.67 bits per heavy atom. The lowest BCUT2D eigenvalue weighted by molar-refractivity contribution is 0.0972. The molecule has 4 rings (SSSR count). The van der Waals surface area contributed by atoms with E-state index in [-0.39, 0.29) is 5.92 Å². The van der Waals surface area contributed by atoms with Crippen LogP contribution in [0.3, 0.4) is 0 Å². The fraction of sp³-hybridized carbons (Fsp3) is 0.688. The molecule has 1 saturated heterocycles. The molecule has 2 saturated carbocycles. The van der Waals surface area contributed by atoms with Crippen LogP contribution in [0.25, 0.3) is 0 Å². The molecule has 5 heteroatoms. The predicted octanol–water partition coefficient (Wildman–Crippen LogP) is 3.74. The highest BCUT2D eigenvalue weighted by molar-refractivity contribution is 8.00. The van der Waals surface area contributed by atoms with Crippen molar-refractivity contribution in [2.75, 3.05) is 29.5 Å². The first-order valence-electron chi connectivity index (χ1n) is 7.98. The summed E-state index contributed by atoms with van der Waals surface area (Å²) in [5.74, 6) is 2.36. The van der Waals surface area contributed by atoms with Crippen LogP contribution in [0.4, 0.5) is 10.7 Å². The van der Waals surface area contributed by atoms with Crippen LogP contribution in [0.1, 0.15) is 53.8 Å². The molecular weight excluding hydrogens is 300 g/mol. The van der Waals surface area contributed by atoms with E-state index in [9.17, 15) is 4.79 Å². The first-order valence-corrected chi connectivity index (χ1v) is 9.84. The van der Waals surface area contributed by atoms with Gasteiger partial charge in [0.25, 0.3) is 0 Å². The smallest absolute Gasteiger partial charge is 0.178 e. The summed E-state index contributed by atoms with van der Waals surface area (Å²) in [5.41, 5.74) is 8.54. The van der Waals surface area contributed by atoms with Gasteiger partial charge in [-0.05, 0) is 31.6 Å². The summed E-state index contributed by atoms with van der Waals surface area (Å²) >= 11 is 3.72. The standard InChI is InChI=1S/C16H22N2OS2/c1-9-8-18(6-7-20-9)16-12(10-2-3-10)13(17)15(21-16)14(19)11-4-5-11/h9-11H,2-8,17H2,1H3. The second kappa shape index (κ2) is 5.20. The molecule has 0 aromatic carbocycles. The van der Waals surface area contributed by atoms with E-state index in [2.05, 4.69) is 11.8 Å². The fourth-order valence-electron chi connectivity index (χ4n) is 3.16. The van der Waals surface area contributed by atoms with Gasteiger partial charge in [0.2, 0.25) is 0 Å². The number of nitrogens with zero attached hydrogens (tertiary/aromatic N) is 1. The first kappa shape index (κ1) is 13.9. The molecule has 3 nitrogen and oxygen atoms in total. The van der Waals surface area contributed by atoms with Gasteiger partial charge < -0.3 is 10.6 Å². The number of Topliss-reactive ketones (excluding diaryl/α,β-unsaturated/α-hetero) is 1. The summed E-state index contributed by atoms with van der Waals surface area (Å²) in [5, 5.41) is 1.97. The molecule has 1 aliphatic heterocycles. The van der Waals surface area contributed by atoms with Crippen molar-refractivity contribution >= 4 is 39.6 Å². The number of carbonyl (C=O) groups is 1. The average Bonchev–Trinajstić information content (AvgIpc) is 3.35. The highest BCUT2D eigenvalue weighted by Crippen LogP contribution is 2.53. The van der Waals surface area contributed by atoms with Crippen LogP contribution in [0.2, 0.25) is 0 Å². The van der Waals surface area contributed by atoms with Crippen LogP contribution >= 0.6 is 23.1 Å². The molecule has 2 heterocycles.